The minimum Gasteiger partial charge on any atom is -0.493 e. The third-order valence-electron chi connectivity index (χ3n) is 4.63. The maximum Gasteiger partial charge on any atom is 0.416 e. The maximum absolute atomic E-state index is 13.9. The number of aromatic nitrogens is 1. The molecule has 3 nitrogen and oxygen atoms in total. The van der Waals surface area contributed by atoms with Crippen LogP contribution in [0.3, 0.4) is 0 Å². The van der Waals surface area contributed by atoms with E-state index in [2.05, 4.69) is 11.6 Å². The summed E-state index contributed by atoms with van der Waals surface area (Å²) in [6.07, 6.45) is -4.53. The van der Waals surface area contributed by atoms with Crippen LogP contribution in [-0.2, 0) is 0 Å². The van der Waals surface area contributed by atoms with Gasteiger partial charge in [-0.05, 0) is 48.7 Å². The Kier molecular flexibility index (Phi) is 4.79. The third kappa shape index (κ3) is 3.28. The fraction of sp³-hybridized carbons (Fsp3) is 0.190. The van der Waals surface area contributed by atoms with E-state index in [1.165, 1.54) is 31.4 Å². The molecule has 1 N–H and O–H groups in total. The zero-order chi connectivity index (χ0) is 20.8. The normalized spacial score (nSPS) is 11.7. The molecule has 3 rings (SSSR count). The van der Waals surface area contributed by atoms with Crippen LogP contribution in [0, 0.1) is 19.7 Å². The Morgan fingerprint density at radius 2 is 1.79 bits per heavy atom. The van der Waals surface area contributed by atoms with Crippen molar-refractivity contribution in [1.29, 1.82) is 0 Å². The third-order valence-corrected chi connectivity index (χ3v) is 4.63. The smallest absolute Gasteiger partial charge is 0.416 e. The van der Waals surface area contributed by atoms with Gasteiger partial charge >= 0.3 is 6.18 Å². The van der Waals surface area contributed by atoms with Crippen LogP contribution in [0.5, 0.6) is 5.75 Å². The van der Waals surface area contributed by atoms with E-state index >= 15 is 0 Å². The Morgan fingerprint density at radius 1 is 1.11 bits per heavy atom. The molecule has 0 saturated carbocycles. The van der Waals surface area contributed by atoms with E-state index in [1.807, 2.05) is 0 Å². The zero-order valence-electron chi connectivity index (χ0n) is 15.4. The number of halogens is 4. The molecule has 0 atom stereocenters. The van der Waals surface area contributed by atoms with Gasteiger partial charge in [-0.1, -0.05) is 12.6 Å². The van der Waals surface area contributed by atoms with Crippen LogP contribution < -0.4 is 10.2 Å². The second-order valence-electron chi connectivity index (χ2n) is 6.51. The molecule has 3 aromatic rings. The fourth-order valence-corrected chi connectivity index (χ4v) is 3.22. The Labute approximate surface area is 158 Å². The van der Waals surface area contributed by atoms with Crippen LogP contribution in [0.4, 0.5) is 17.6 Å². The molecule has 0 saturated heterocycles. The number of allylic oxidation sites excluding steroid dienone is 1. The molecule has 2 aromatic carbocycles. The van der Waals surface area contributed by atoms with Crippen molar-refractivity contribution in [2.45, 2.75) is 20.0 Å². The second-order valence-corrected chi connectivity index (χ2v) is 6.51. The van der Waals surface area contributed by atoms with Crippen LogP contribution >= 0.6 is 0 Å². The van der Waals surface area contributed by atoms with Gasteiger partial charge in [-0.15, -0.1) is 0 Å². The van der Waals surface area contributed by atoms with E-state index in [9.17, 15) is 22.4 Å². The van der Waals surface area contributed by atoms with Crippen LogP contribution in [-0.4, -0.2) is 18.3 Å². The van der Waals surface area contributed by atoms with Gasteiger partial charge in [0.15, 0.2) is 17.0 Å². The molecule has 0 unspecified atom stereocenters. The van der Waals surface area contributed by atoms with Gasteiger partial charge in [0.2, 0.25) is 0 Å². The van der Waals surface area contributed by atoms with Gasteiger partial charge in [-0.2, -0.15) is 13.2 Å². The summed E-state index contributed by atoms with van der Waals surface area (Å²) in [6, 6.07) is 6.84. The first-order valence-corrected chi connectivity index (χ1v) is 8.32. The number of aryl methyl sites for hydroxylation is 2. The number of aromatic amines is 1. The van der Waals surface area contributed by atoms with Crippen molar-refractivity contribution in [2.75, 3.05) is 7.11 Å². The lowest BCUT2D eigenvalue weighted by Gasteiger charge is -2.16. The first-order valence-electron chi connectivity index (χ1n) is 8.32. The first kappa shape index (κ1) is 19.7. The molecule has 0 aliphatic heterocycles. The number of pyridine rings is 1. The van der Waals surface area contributed by atoms with Gasteiger partial charge in [-0.3, -0.25) is 4.79 Å². The van der Waals surface area contributed by atoms with Crippen molar-refractivity contribution in [3.8, 4) is 17.0 Å². The van der Waals surface area contributed by atoms with Crippen LogP contribution in [0.1, 0.15) is 16.7 Å². The number of fused-ring (bicyclic) bond motifs is 1. The van der Waals surface area contributed by atoms with E-state index in [0.29, 0.717) is 27.9 Å². The van der Waals surface area contributed by atoms with Gasteiger partial charge in [0.1, 0.15) is 0 Å². The highest BCUT2D eigenvalue weighted by molar-refractivity contribution is 5.88. The van der Waals surface area contributed by atoms with Crippen LogP contribution in [0.15, 0.2) is 41.7 Å². The van der Waals surface area contributed by atoms with E-state index in [0.717, 1.165) is 0 Å². The monoisotopic (exact) mass is 391 g/mol. The van der Waals surface area contributed by atoms with E-state index < -0.39 is 23.0 Å². The van der Waals surface area contributed by atoms with Crippen molar-refractivity contribution in [3.05, 3.63) is 69.6 Å². The Hall–Kier alpha value is -3.09. The largest absolute Gasteiger partial charge is 0.493 e. The summed E-state index contributed by atoms with van der Waals surface area (Å²) >= 11 is 0. The van der Waals surface area contributed by atoms with Gasteiger partial charge in [0.05, 0.1) is 23.6 Å². The molecule has 0 aliphatic rings. The summed E-state index contributed by atoms with van der Waals surface area (Å²) < 4.78 is 57.9. The van der Waals surface area contributed by atoms with E-state index in [4.69, 9.17) is 4.74 Å². The van der Waals surface area contributed by atoms with Crippen molar-refractivity contribution in [1.82, 2.24) is 4.98 Å². The quantitative estimate of drug-likeness (QED) is 0.596. The molecule has 0 aliphatic carbocycles. The molecule has 0 bridgehead atoms. The summed E-state index contributed by atoms with van der Waals surface area (Å²) in [5.41, 5.74) is 0.875. The number of benzene rings is 2. The molecule has 1 aromatic heterocycles. The highest BCUT2D eigenvalue weighted by atomic mass is 19.4. The number of hydrogen-bond donors (Lipinski definition) is 1. The zero-order valence-corrected chi connectivity index (χ0v) is 15.4. The Balaban J connectivity index is 2.21. The predicted octanol–water partition coefficient (Wildman–Crippen LogP) is 5.54. The van der Waals surface area contributed by atoms with Crippen molar-refractivity contribution < 1.29 is 22.3 Å². The number of methoxy groups -OCH3 is 1. The molecule has 146 valence electrons. The van der Waals surface area contributed by atoms with Gasteiger partial charge in [0.25, 0.3) is 0 Å². The lowest BCUT2D eigenvalue weighted by molar-refractivity contribution is -0.0687. The molecule has 1 heterocycles. The lowest BCUT2D eigenvalue weighted by atomic mass is 9.93. The average molecular weight is 391 g/mol. The molecule has 0 fully saturated rings. The van der Waals surface area contributed by atoms with Gasteiger partial charge in [0, 0.05) is 17.3 Å². The minimum atomic E-state index is -4.53. The topological polar surface area (TPSA) is 42.1 Å². The fourth-order valence-electron chi connectivity index (χ4n) is 3.22. The molecular formula is C21H17F4NO2. The second kappa shape index (κ2) is 6.82. The van der Waals surface area contributed by atoms with Crippen LogP contribution in [0.2, 0.25) is 0 Å². The van der Waals surface area contributed by atoms with Crippen molar-refractivity contribution >= 4 is 16.5 Å². The SMILES string of the molecule is C=C(c1cc(C)c(-c2cc(=O)c3c(OC)c(F)ccc3[nH]2)cc1C)C(F)(F)F. The van der Waals surface area contributed by atoms with Gasteiger partial charge in [-0.25, -0.2) is 4.39 Å². The molecule has 0 spiro atoms. The number of hydrogen-bond acceptors (Lipinski definition) is 2. The van der Waals surface area contributed by atoms with Crippen molar-refractivity contribution in [2.24, 2.45) is 0 Å². The maximum atomic E-state index is 13.9. The number of H-pyrrole nitrogens is 1. The average Bonchev–Trinajstić information content (AvgIpc) is 2.62. The molecule has 7 heteroatoms. The molecule has 0 radical (unpaired) electrons. The molecular weight excluding hydrogens is 374 g/mol. The summed E-state index contributed by atoms with van der Waals surface area (Å²) in [6.45, 7) is 6.35. The Morgan fingerprint density at radius 3 is 2.39 bits per heavy atom. The lowest BCUT2D eigenvalue weighted by Crippen LogP contribution is -2.11. The predicted molar refractivity (Wildman–Crippen MR) is 101 cm³/mol. The summed E-state index contributed by atoms with van der Waals surface area (Å²) in [5.74, 6) is -0.815. The molecule has 28 heavy (non-hydrogen) atoms. The summed E-state index contributed by atoms with van der Waals surface area (Å²) in [7, 11) is 1.27. The first-order chi connectivity index (χ1) is 13.0. The minimum absolute atomic E-state index is 0.000580. The van der Waals surface area contributed by atoms with Crippen molar-refractivity contribution in [3.63, 3.8) is 0 Å². The van der Waals surface area contributed by atoms with E-state index in [-0.39, 0.29) is 16.7 Å². The van der Waals surface area contributed by atoms with Crippen LogP contribution in [0.25, 0.3) is 27.7 Å². The summed E-state index contributed by atoms with van der Waals surface area (Å²) in [5, 5.41) is 0.0719. The number of ether oxygens (including phenoxy) is 1. The number of nitrogens with one attached hydrogen (secondary N) is 1. The molecule has 0 amide bonds. The van der Waals surface area contributed by atoms with E-state index in [1.54, 1.807) is 19.9 Å². The highest BCUT2D eigenvalue weighted by Crippen LogP contribution is 2.36. The summed E-state index contributed by atoms with van der Waals surface area (Å²) in [4.78, 5) is 15.6. The number of rotatable bonds is 3. The highest BCUT2D eigenvalue weighted by Gasteiger charge is 2.33. The van der Waals surface area contributed by atoms with Gasteiger partial charge < -0.3 is 9.72 Å². The Bertz CT molecular complexity index is 1160. The standard InChI is InChI=1S/C21H17F4NO2/c1-10-8-14(11(2)7-13(10)12(3)21(23,24)25)17-9-18(27)19-16(26-17)6-5-15(22)20(19)28-4/h5-9H,3H2,1-2,4H3,(H,26,27). The number of alkyl halides is 3.